The summed E-state index contributed by atoms with van der Waals surface area (Å²) >= 11 is 3.38. The fourth-order valence-corrected chi connectivity index (χ4v) is 1.88. The van der Waals surface area contributed by atoms with E-state index in [2.05, 4.69) is 20.7 Å². The third-order valence-electron chi connectivity index (χ3n) is 2.26. The van der Waals surface area contributed by atoms with E-state index < -0.39 is 0 Å². The minimum atomic E-state index is -0.313. The normalized spacial score (nSPS) is 9.81. The lowest BCUT2D eigenvalue weighted by atomic mass is 10.1. The molecule has 2 aromatic carbocycles. The van der Waals surface area contributed by atoms with Crippen LogP contribution in [0.2, 0.25) is 0 Å². The number of hydrogen-bond donors (Lipinski definition) is 0. The van der Waals surface area contributed by atoms with E-state index in [-0.39, 0.29) is 5.78 Å². The van der Waals surface area contributed by atoms with Gasteiger partial charge in [-0.3, -0.25) is 4.79 Å². The van der Waals surface area contributed by atoms with Crippen molar-refractivity contribution in [1.82, 2.24) is 0 Å². The number of benzene rings is 2. The van der Waals surface area contributed by atoms with Crippen molar-refractivity contribution in [2.45, 2.75) is 0 Å². The van der Waals surface area contributed by atoms with Crippen molar-refractivity contribution in [1.29, 1.82) is 0 Å². The SMILES string of the molecule is [N-]=[N+]=CC(=O)c1ccc2cc(Br)ccc2c1. The van der Waals surface area contributed by atoms with Gasteiger partial charge >= 0.3 is 6.21 Å². The average molecular weight is 275 g/mol. The summed E-state index contributed by atoms with van der Waals surface area (Å²) in [6.45, 7) is 0. The molecule has 0 amide bonds. The van der Waals surface area contributed by atoms with Gasteiger partial charge in [0.2, 0.25) is 0 Å². The number of hydrogen-bond acceptors (Lipinski definition) is 1. The van der Waals surface area contributed by atoms with Crippen LogP contribution < -0.4 is 0 Å². The minimum Gasteiger partial charge on any atom is -0.361 e. The maximum Gasteiger partial charge on any atom is 0.328 e. The molecule has 16 heavy (non-hydrogen) atoms. The maximum absolute atomic E-state index is 11.4. The summed E-state index contributed by atoms with van der Waals surface area (Å²) in [5.41, 5.74) is 8.80. The van der Waals surface area contributed by atoms with Crippen molar-refractivity contribution in [3.8, 4) is 0 Å². The van der Waals surface area contributed by atoms with Gasteiger partial charge in [-0.1, -0.05) is 34.1 Å². The number of ketones is 1. The summed E-state index contributed by atoms with van der Waals surface area (Å²) in [6, 6.07) is 11.1. The molecular weight excluding hydrogens is 268 g/mol. The summed E-state index contributed by atoms with van der Waals surface area (Å²) in [6.07, 6.45) is 0.889. The van der Waals surface area contributed by atoms with Crippen LogP contribution >= 0.6 is 15.9 Å². The zero-order chi connectivity index (χ0) is 11.5. The Labute approximate surface area is 100 Å². The molecule has 0 heterocycles. The Morgan fingerprint density at radius 1 is 1.19 bits per heavy atom. The van der Waals surface area contributed by atoms with E-state index in [0.717, 1.165) is 21.5 Å². The Bertz CT molecular complexity index is 615. The van der Waals surface area contributed by atoms with Gasteiger partial charge in [-0.25, -0.2) is 0 Å². The molecule has 0 saturated carbocycles. The first-order valence-electron chi connectivity index (χ1n) is 4.62. The molecule has 0 saturated heterocycles. The Morgan fingerprint density at radius 2 is 1.88 bits per heavy atom. The highest BCUT2D eigenvalue weighted by molar-refractivity contribution is 9.10. The Morgan fingerprint density at radius 3 is 2.62 bits per heavy atom. The van der Waals surface area contributed by atoms with Crippen LogP contribution in [0.1, 0.15) is 10.4 Å². The first-order valence-corrected chi connectivity index (χ1v) is 5.41. The third kappa shape index (κ3) is 2.08. The van der Waals surface area contributed by atoms with Gasteiger partial charge in [0.05, 0.1) is 0 Å². The lowest BCUT2D eigenvalue weighted by molar-refractivity contribution is 0.00235. The number of rotatable bonds is 2. The summed E-state index contributed by atoms with van der Waals surface area (Å²) in [5.74, 6) is -0.313. The fraction of sp³-hybridized carbons (Fsp3) is 0. The molecule has 2 rings (SSSR count). The van der Waals surface area contributed by atoms with E-state index in [1.807, 2.05) is 24.3 Å². The van der Waals surface area contributed by atoms with Gasteiger partial charge in [-0.2, -0.15) is 4.79 Å². The van der Waals surface area contributed by atoms with Crippen molar-refractivity contribution in [3.05, 3.63) is 52.0 Å². The van der Waals surface area contributed by atoms with Crippen molar-refractivity contribution >= 4 is 38.7 Å². The number of carbonyl (C=O) groups excluding carboxylic acids is 1. The molecular formula is C12H7BrN2O. The Kier molecular flexibility index (Phi) is 2.95. The van der Waals surface area contributed by atoms with E-state index in [4.69, 9.17) is 5.53 Å². The largest absolute Gasteiger partial charge is 0.361 e. The average Bonchev–Trinajstić information content (AvgIpc) is 2.28. The minimum absolute atomic E-state index is 0.313. The van der Waals surface area contributed by atoms with Gasteiger partial charge in [0.15, 0.2) is 0 Å². The highest BCUT2D eigenvalue weighted by Gasteiger charge is 2.07. The standard InChI is InChI=1S/C12H7BrN2O/c13-11-4-3-8-5-10(12(16)7-15-14)2-1-9(8)6-11/h1-7H. The Hall–Kier alpha value is -1.77. The zero-order valence-electron chi connectivity index (χ0n) is 8.22. The van der Waals surface area contributed by atoms with Gasteiger partial charge in [0, 0.05) is 10.0 Å². The third-order valence-corrected chi connectivity index (χ3v) is 2.76. The van der Waals surface area contributed by atoms with Gasteiger partial charge in [0.1, 0.15) is 0 Å². The van der Waals surface area contributed by atoms with Crippen molar-refractivity contribution < 1.29 is 9.58 Å². The maximum atomic E-state index is 11.4. The van der Waals surface area contributed by atoms with Crippen LogP contribution in [0.3, 0.4) is 0 Å². The molecule has 0 fully saturated rings. The number of carbonyl (C=O) groups is 1. The number of nitrogens with zero attached hydrogens (tertiary/aromatic N) is 2. The summed E-state index contributed by atoms with van der Waals surface area (Å²) in [5, 5.41) is 2.02. The lowest BCUT2D eigenvalue weighted by Crippen LogP contribution is -2.00. The molecule has 0 atom stereocenters. The molecule has 0 N–H and O–H groups in total. The molecule has 4 heteroatoms. The molecule has 0 aromatic heterocycles. The topological polar surface area (TPSA) is 53.5 Å². The molecule has 0 bridgehead atoms. The van der Waals surface area contributed by atoms with Crippen LogP contribution in [-0.4, -0.2) is 16.8 Å². The quantitative estimate of drug-likeness (QED) is 0.359. The molecule has 0 radical (unpaired) electrons. The van der Waals surface area contributed by atoms with Crippen LogP contribution in [0, 0.1) is 0 Å². The Balaban J connectivity index is 2.56. The molecule has 0 aliphatic carbocycles. The van der Waals surface area contributed by atoms with Gasteiger partial charge in [-0.15, -0.1) is 0 Å². The molecule has 78 valence electrons. The monoisotopic (exact) mass is 274 g/mol. The molecule has 0 aliphatic rings. The van der Waals surface area contributed by atoms with Crippen LogP contribution in [0.4, 0.5) is 0 Å². The van der Waals surface area contributed by atoms with E-state index in [9.17, 15) is 4.79 Å². The number of fused-ring (bicyclic) bond motifs is 1. The van der Waals surface area contributed by atoms with E-state index in [1.54, 1.807) is 12.1 Å². The lowest BCUT2D eigenvalue weighted by Gasteiger charge is -1.99. The van der Waals surface area contributed by atoms with Gasteiger partial charge in [-0.05, 0) is 29.0 Å². The smallest absolute Gasteiger partial charge is 0.328 e. The van der Waals surface area contributed by atoms with Crippen molar-refractivity contribution in [3.63, 3.8) is 0 Å². The predicted molar refractivity (Wildman–Crippen MR) is 65.7 cm³/mol. The highest BCUT2D eigenvalue weighted by Crippen LogP contribution is 2.20. The molecule has 0 aliphatic heterocycles. The number of Topliss-reactive ketones (excluding diaryl/α,β-unsaturated/α-hetero) is 1. The van der Waals surface area contributed by atoms with Crippen LogP contribution in [0.5, 0.6) is 0 Å². The summed E-state index contributed by atoms with van der Waals surface area (Å²) < 4.78 is 0.996. The molecule has 0 unspecified atom stereocenters. The first-order chi connectivity index (χ1) is 7.70. The summed E-state index contributed by atoms with van der Waals surface area (Å²) in [7, 11) is 0. The second-order valence-electron chi connectivity index (χ2n) is 3.32. The molecule has 0 spiro atoms. The van der Waals surface area contributed by atoms with Crippen LogP contribution in [0.15, 0.2) is 40.9 Å². The summed E-state index contributed by atoms with van der Waals surface area (Å²) in [4.78, 5) is 14.2. The van der Waals surface area contributed by atoms with E-state index in [1.165, 1.54) is 0 Å². The fourth-order valence-electron chi connectivity index (χ4n) is 1.50. The van der Waals surface area contributed by atoms with Gasteiger partial charge in [0.25, 0.3) is 5.78 Å². The van der Waals surface area contributed by atoms with E-state index in [0.29, 0.717) is 5.56 Å². The van der Waals surface area contributed by atoms with Gasteiger partial charge < -0.3 is 5.53 Å². The second kappa shape index (κ2) is 4.39. The predicted octanol–water partition coefficient (Wildman–Crippen LogP) is 3.09. The second-order valence-corrected chi connectivity index (χ2v) is 4.23. The first kappa shape index (κ1) is 10.7. The van der Waals surface area contributed by atoms with E-state index >= 15 is 0 Å². The molecule has 2 aromatic rings. The van der Waals surface area contributed by atoms with Crippen molar-refractivity contribution in [2.24, 2.45) is 0 Å². The number of halogens is 1. The highest BCUT2D eigenvalue weighted by atomic mass is 79.9. The van der Waals surface area contributed by atoms with Crippen LogP contribution in [0.25, 0.3) is 16.3 Å². The van der Waals surface area contributed by atoms with Crippen LogP contribution in [-0.2, 0) is 0 Å². The zero-order valence-corrected chi connectivity index (χ0v) is 9.81. The van der Waals surface area contributed by atoms with Crippen molar-refractivity contribution in [2.75, 3.05) is 0 Å². The molecule has 3 nitrogen and oxygen atoms in total.